The van der Waals surface area contributed by atoms with Gasteiger partial charge in [-0.25, -0.2) is 15.0 Å². The molecule has 0 saturated carbocycles. The van der Waals surface area contributed by atoms with E-state index in [1.807, 2.05) is 12.1 Å². The lowest BCUT2D eigenvalue weighted by atomic mass is 10.1. The number of hydrogen-bond acceptors (Lipinski definition) is 5. The van der Waals surface area contributed by atoms with Crippen LogP contribution in [0.25, 0.3) is 5.57 Å². The van der Waals surface area contributed by atoms with Crippen molar-refractivity contribution < 1.29 is 9.90 Å². The highest BCUT2D eigenvalue weighted by Gasteiger charge is 2.25. The van der Waals surface area contributed by atoms with Crippen LogP contribution in [-0.2, 0) is 11.3 Å². The molecular formula is C19H12BrClN4O2S. The summed E-state index contributed by atoms with van der Waals surface area (Å²) in [4.78, 5) is 26.1. The number of pyridine rings is 1. The van der Waals surface area contributed by atoms with Gasteiger partial charge in [0.15, 0.2) is 9.95 Å². The second-order valence-electron chi connectivity index (χ2n) is 5.82. The fourth-order valence-corrected chi connectivity index (χ4v) is 4.44. The zero-order valence-corrected chi connectivity index (χ0v) is 17.4. The van der Waals surface area contributed by atoms with Gasteiger partial charge >= 0.3 is 0 Å². The van der Waals surface area contributed by atoms with Gasteiger partial charge in [0.25, 0.3) is 5.91 Å². The first kappa shape index (κ1) is 18.8. The number of aromatic hydroxyl groups is 1. The fraction of sp³-hybridized carbons (Fsp3) is 0.0526. The third kappa shape index (κ3) is 3.23. The van der Waals surface area contributed by atoms with Crippen LogP contribution in [0.3, 0.4) is 0 Å². The molecule has 0 aliphatic carbocycles. The maximum absolute atomic E-state index is 12.6. The molecule has 6 nitrogen and oxygen atoms in total. The molecule has 0 spiro atoms. The fourth-order valence-electron chi connectivity index (χ4n) is 2.81. The molecule has 0 fully saturated rings. The number of carbonyl (C=O) groups is 1. The number of aromatic nitrogens is 2. The molecule has 3 heterocycles. The Labute approximate surface area is 176 Å². The molecule has 1 amide bonds. The predicted octanol–water partition coefficient (Wildman–Crippen LogP) is 2.84. The summed E-state index contributed by atoms with van der Waals surface area (Å²) in [6.07, 6.45) is 3.20. The Morgan fingerprint density at radius 3 is 2.96 bits per heavy atom. The van der Waals surface area contributed by atoms with Crippen molar-refractivity contribution in [3.8, 4) is 5.88 Å². The van der Waals surface area contributed by atoms with Crippen LogP contribution in [0.1, 0.15) is 4.88 Å². The van der Waals surface area contributed by atoms with Crippen LogP contribution < -0.4 is 15.4 Å². The molecule has 2 aromatic heterocycles. The number of halogens is 2. The summed E-state index contributed by atoms with van der Waals surface area (Å²) in [5, 5.41) is 12.3. The van der Waals surface area contributed by atoms with Crippen LogP contribution in [0.5, 0.6) is 5.88 Å². The van der Waals surface area contributed by atoms with Crippen molar-refractivity contribution in [2.24, 2.45) is 9.98 Å². The monoisotopic (exact) mass is 474 g/mol. The van der Waals surface area contributed by atoms with Crippen molar-refractivity contribution in [2.45, 2.75) is 6.54 Å². The molecule has 1 aliphatic rings. The summed E-state index contributed by atoms with van der Waals surface area (Å²) >= 11 is 10.7. The molecule has 0 saturated heterocycles. The molecule has 28 heavy (non-hydrogen) atoms. The molecular weight excluding hydrogens is 464 g/mol. The second kappa shape index (κ2) is 7.46. The van der Waals surface area contributed by atoms with E-state index >= 15 is 0 Å². The van der Waals surface area contributed by atoms with Gasteiger partial charge in [-0.3, -0.25) is 9.36 Å². The minimum Gasteiger partial charge on any atom is -0.493 e. The largest absolute Gasteiger partial charge is 0.493 e. The Bertz CT molecular complexity index is 1330. The zero-order chi connectivity index (χ0) is 19.8. The third-order valence-electron chi connectivity index (χ3n) is 4.04. The lowest BCUT2D eigenvalue weighted by molar-refractivity contribution is -0.112. The third-order valence-corrected chi connectivity index (χ3v) is 5.91. The summed E-state index contributed by atoms with van der Waals surface area (Å²) in [6, 6.07) is 8.83. The molecule has 9 heteroatoms. The van der Waals surface area contributed by atoms with Gasteiger partial charge in [-0.1, -0.05) is 44.9 Å². The topological polar surface area (TPSA) is 79.8 Å². The van der Waals surface area contributed by atoms with E-state index in [9.17, 15) is 9.90 Å². The minimum absolute atomic E-state index is 0.0740. The number of benzene rings is 1. The summed E-state index contributed by atoms with van der Waals surface area (Å²) in [5.41, 5.74) is 0.806. The van der Waals surface area contributed by atoms with Crippen LogP contribution in [0.4, 0.5) is 5.69 Å². The van der Waals surface area contributed by atoms with Gasteiger partial charge in [-0.2, -0.15) is 0 Å². The number of thiazole rings is 1. The molecule has 0 bridgehead atoms. The van der Waals surface area contributed by atoms with Gasteiger partial charge in [-0.05, 0) is 30.3 Å². The molecule has 0 atom stereocenters. The molecule has 0 radical (unpaired) electrons. The average Bonchev–Trinajstić information content (AvgIpc) is 3.14. The first-order chi connectivity index (χ1) is 13.5. The van der Waals surface area contributed by atoms with Crippen LogP contribution in [0.2, 0.25) is 5.15 Å². The summed E-state index contributed by atoms with van der Waals surface area (Å²) < 4.78 is 2.38. The first-order valence-electron chi connectivity index (χ1n) is 8.11. The van der Waals surface area contributed by atoms with Crippen molar-refractivity contribution >= 4 is 56.0 Å². The van der Waals surface area contributed by atoms with E-state index in [0.717, 1.165) is 4.47 Å². The van der Waals surface area contributed by atoms with E-state index in [-0.39, 0.29) is 11.0 Å². The number of allylic oxidation sites excluding steroid dienone is 1. The maximum atomic E-state index is 12.6. The average molecular weight is 476 g/mol. The molecule has 1 N–H and O–H groups in total. The van der Waals surface area contributed by atoms with Crippen molar-refractivity contribution in [3.63, 3.8) is 0 Å². The van der Waals surface area contributed by atoms with Gasteiger partial charge in [0.05, 0.1) is 10.9 Å². The van der Waals surface area contributed by atoms with E-state index in [2.05, 4.69) is 37.5 Å². The summed E-state index contributed by atoms with van der Waals surface area (Å²) in [5.74, 6) is -0.476. The van der Waals surface area contributed by atoms with E-state index in [1.54, 1.807) is 35.0 Å². The molecule has 3 aromatic rings. The van der Waals surface area contributed by atoms with E-state index in [1.165, 1.54) is 11.3 Å². The van der Waals surface area contributed by atoms with Crippen molar-refractivity contribution in [2.75, 3.05) is 0 Å². The van der Waals surface area contributed by atoms with Crippen molar-refractivity contribution in [1.29, 1.82) is 0 Å². The van der Waals surface area contributed by atoms with E-state index in [4.69, 9.17) is 11.6 Å². The molecule has 1 aromatic carbocycles. The highest BCUT2D eigenvalue weighted by atomic mass is 79.9. The number of fused-ring (bicyclic) bond motifs is 1. The van der Waals surface area contributed by atoms with Crippen molar-refractivity contribution in [1.82, 2.24) is 9.55 Å². The highest BCUT2D eigenvalue weighted by molar-refractivity contribution is 9.10. The highest BCUT2D eigenvalue weighted by Crippen LogP contribution is 2.29. The van der Waals surface area contributed by atoms with Gasteiger partial charge < -0.3 is 5.11 Å². The standard InChI is InChI=1S/C19H12BrClN4O2S/c1-2-8-25-18(27)15(28-19(25)24-13-4-3-7-22-16(13)21)14-11-9-10(20)5-6-12(11)23-17(14)26/h2-7,9,27H,1,8H2. The Kier molecular flexibility index (Phi) is 5.01. The summed E-state index contributed by atoms with van der Waals surface area (Å²) in [7, 11) is 0. The smallest absolute Gasteiger partial charge is 0.279 e. The number of nitrogens with zero attached hydrogens (tertiary/aromatic N) is 4. The Morgan fingerprint density at radius 1 is 1.39 bits per heavy atom. The van der Waals surface area contributed by atoms with E-state index < -0.39 is 5.91 Å². The van der Waals surface area contributed by atoms with Crippen LogP contribution in [0.15, 0.2) is 63.6 Å². The number of hydrogen-bond donors (Lipinski definition) is 1. The van der Waals surface area contributed by atoms with Crippen LogP contribution in [0, 0.1) is 0 Å². The number of carbonyl (C=O) groups excluding carboxylic acids is 1. The molecule has 1 aliphatic heterocycles. The minimum atomic E-state index is -0.402. The lowest BCUT2D eigenvalue weighted by Gasteiger charge is -2.02. The molecule has 0 unspecified atom stereocenters. The Balaban J connectivity index is 2.02. The predicted molar refractivity (Wildman–Crippen MR) is 111 cm³/mol. The summed E-state index contributed by atoms with van der Waals surface area (Å²) in [6.45, 7) is 4.03. The maximum Gasteiger partial charge on any atom is 0.279 e. The number of amides is 1. The van der Waals surface area contributed by atoms with Gasteiger partial charge in [0, 0.05) is 22.4 Å². The second-order valence-corrected chi connectivity index (χ2v) is 8.07. The number of rotatable bonds is 4. The normalized spacial score (nSPS) is 13.6. The molecule has 140 valence electrons. The van der Waals surface area contributed by atoms with Gasteiger partial charge in [-0.15, -0.1) is 6.58 Å². The van der Waals surface area contributed by atoms with E-state index in [0.29, 0.717) is 38.1 Å². The zero-order valence-electron chi connectivity index (χ0n) is 14.3. The van der Waals surface area contributed by atoms with Gasteiger partial charge in [0.1, 0.15) is 10.6 Å². The quantitative estimate of drug-likeness (QED) is 0.465. The molecule has 4 rings (SSSR count). The van der Waals surface area contributed by atoms with Crippen molar-refractivity contribution in [3.05, 3.63) is 79.1 Å². The Hall–Kier alpha value is -2.55. The van der Waals surface area contributed by atoms with Crippen LogP contribution in [-0.4, -0.2) is 20.6 Å². The first-order valence-corrected chi connectivity index (χ1v) is 10.1. The van der Waals surface area contributed by atoms with Crippen LogP contribution >= 0.6 is 38.9 Å². The SMILES string of the molecule is C=CCn1c(O)c(C2=c3cc(Br)ccc3=NC2=O)sc1=Nc1cccnc1Cl. The lowest BCUT2D eigenvalue weighted by Crippen LogP contribution is -2.22. The Morgan fingerprint density at radius 2 is 2.21 bits per heavy atom. The van der Waals surface area contributed by atoms with Gasteiger partial charge in [0.2, 0.25) is 5.88 Å².